The van der Waals surface area contributed by atoms with Gasteiger partial charge in [0.2, 0.25) is 11.8 Å². The number of carbonyl (C=O) groups excluding carboxylic acids is 3. The Morgan fingerprint density at radius 1 is 1.18 bits per heavy atom. The quantitative estimate of drug-likeness (QED) is 0.309. The van der Waals surface area contributed by atoms with Crippen molar-refractivity contribution < 1.29 is 19.1 Å². The molecule has 2 N–H and O–H groups in total. The molecule has 5 heterocycles. The van der Waals surface area contributed by atoms with Gasteiger partial charge in [-0.25, -0.2) is 14.8 Å². The Balaban J connectivity index is 1.29. The van der Waals surface area contributed by atoms with Crippen molar-refractivity contribution in [1.82, 2.24) is 20.2 Å². The van der Waals surface area contributed by atoms with E-state index in [0.29, 0.717) is 62.6 Å². The molecule has 1 fully saturated rings. The molecule has 0 unspecified atom stereocenters. The number of likely N-dealkylation sites (tertiary alicyclic amines) is 1. The number of pyridine rings is 2. The largest absolute Gasteiger partial charge is 0.439 e. The summed E-state index contributed by atoms with van der Waals surface area (Å²) in [6.07, 6.45) is 4.45. The Kier molecular flexibility index (Phi) is 6.64. The molecular formula is C29H26N6O4S. The summed E-state index contributed by atoms with van der Waals surface area (Å²) in [6.45, 7) is 6.42. The summed E-state index contributed by atoms with van der Waals surface area (Å²) in [4.78, 5) is 52.2. The Hall–Kier alpha value is -4.77. The van der Waals surface area contributed by atoms with Crippen LogP contribution in [0.25, 0.3) is 10.2 Å². The maximum absolute atomic E-state index is 13.5. The van der Waals surface area contributed by atoms with Crippen LogP contribution in [-0.2, 0) is 4.79 Å². The number of aryl methyl sites for hydroxylation is 1. The smallest absolute Gasteiger partial charge is 0.331 e. The predicted molar refractivity (Wildman–Crippen MR) is 154 cm³/mol. The van der Waals surface area contributed by atoms with Crippen molar-refractivity contribution in [2.45, 2.75) is 25.8 Å². The minimum Gasteiger partial charge on any atom is -0.439 e. The molecule has 0 bridgehead atoms. The van der Waals surface area contributed by atoms with Gasteiger partial charge in [0.05, 0.1) is 28.1 Å². The topological polar surface area (TPSA) is 117 Å². The lowest BCUT2D eigenvalue weighted by Crippen LogP contribution is -2.49. The van der Waals surface area contributed by atoms with Gasteiger partial charge in [0.15, 0.2) is 0 Å². The number of hydrogen-bond acceptors (Lipinski definition) is 7. The third-order valence-corrected chi connectivity index (χ3v) is 8.03. The molecule has 0 saturated carbocycles. The molecule has 1 aromatic carbocycles. The SMILES string of the molecule is C=CC(=O)N1CCC[C@@H](NC(=O)c2sc3nccc4c3c2NC(=O)N4c2ccc(Oc3ccccc3)nc2C)C1. The molecule has 1 saturated heterocycles. The highest BCUT2D eigenvalue weighted by Crippen LogP contribution is 2.46. The van der Waals surface area contributed by atoms with Gasteiger partial charge >= 0.3 is 6.03 Å². The predicted octanol–water partition coefficient (Wildman–Crippen LogP) is 5.38. The molecule has 2 aliphatic heterocycles. The molecule has 11 heteroatoms. The third-order valence-electron chi connectivity index (χ3n) is 6.93. The maximum atomic E-state index is 13.5. The molecule has 2 aliphatic rings. The van der Waals surface area contributed by atoms with Gasteiger partial charge in [-0.05, 0) is 50.1 Å². The highest BCUT2D eigenvalue weighted by molar-refractivity contribution is 7.21. The highest BCUT2D eigenvalue weighted by atomic mass is 32.1. The number of ether oxygens (including phenoxy) is 1. The summed E-state index contributed by atoms with van der Waals surface area (Å²) >= 11 is 1.22. The number of aromatic nitrogens is 2. The lowest BCUT2D eigenvalue weighted by Gasteiger charge is -2.32. The molecule has 40 heavy (non-hydrogen) atoms. The number of benzene rings is 1. The number of amides is 4. The molecule has 6 rings (SSSR count). The number of thiophene rings is 1. The number of nitrogens with zero attached hydrogens (tertiary/aromatic N) is 4. The zero-order chi connectivity index (χ0) is 27.8. The minimum absolute atomic E-state index is 0.151. The van der Waals surface area contributed by atoms with Crippen molar-refractivity contribution in [1.29, 1.82) is 0 Å². The second kappa shape index (κ2) is 10.4. The fraction of sp³-hybridized carbons (Fsp3) is 0.207. The zero-order valence-electron chi connectivity index (χ0n) is 21.7. The van der Waals surface area contributed by atoms with Gasteiger partial charge in [-0.1, -0.05) is 24.8 Å². The van der Waals surface area contributed by atoms with E-state index in [2.05, 4.69) is 27.2 Å². The van der Waals surface area contributed by atoms with Gasteiger partial charge in [-0.3, -0.25) is 14.5 Å². The van der Waals surface area contributed by atoms with Crippen molar-refractivity contribution in [2.75, 3.05) is 23.3 Å². The lowest BCUT2D eigenvalue weighted by molar-refractivity contribution is -0.127. The average molecular weight is 555 g/mol. The number of anilines is 3. The van der Waals surface area contributed by atoms with Gasteiger partial charge < -0.3 is 20.3 Å². The minimum atomic E-state index is -0.408. The molecule has 0 radical (unpaired) electrons. The van der Waals surface area contributed by atoms with Crippen LogP contribution in [0, 0.1) is 6.92 Å². The first-order chi connectivity index (χ1) is 19.4. The van der Waals surface area contributed by atoms with Crippen LogP contribution in [0.3, 0.4) is 0 Å². The fourth-order valence-corrected chi connectivity index (χ4v) is 6.11. The van der Waals surface area contributed by atoms with Crippen LogP contribution < -0.4 is 20.3 Å². The van der Waals surface area contributed by atoms with E-state index in [1.54, 1.807) is 34.2 Å². The summed E-state index contributed by atoms with van der Waals surface area (Å²) in [7, 11) is 0. The number of hydrogen-bond donors (Lipinski definition) is 2. The summed E-state index contributed by atoms with van der Waals surface area (Å²) in [6, 6.07) is 14.0. The molecule has 202 valence electrons. The second-order valence-electron chi connectivity index (χ2n) is 9.55. The summed E-state index contributed by atoms with van der Waals surface area (Å²) in [5.41, 5.74) is 2.23. The molecule has 0 aliphatic carbocycles. The third kappa shape index (κ3) is 4.64. The number of carbonyl (C=O) groups is 3. The van der Waals surface area contributed by atoms with Crippen LogP contribution in [0.15, 0.2) is 67.4 Å². The van der Waals surface area contributed by atoms with Crippen LogP contribution in [0.1, 0.15) is 28.2 Å². The van der Waals surface area contributed by atoms with E-state index in [1.165, 1.54) is 17.4 Å². The molecule has 1 atom stereocenters. The molecule has 0 spiro atoms. The number of para-hydroxylation sites is 1. The van der Waals surface area contributed by atoms with E-state index in [0.717, 1.165) is 12.8 Å². The van der Waals surface area contributed by atoms with Crippen molar-refractivity contribution in [2.24, 2.45) is 0 Å². The Morgan fingerprint density at radius 3 is 2.77 bits per heavy atom. The van der Waals surface area contributed by atoms with Gasteiger partial charge in [-0.15, -0.1) is 11.3 Å². The normalized spacial score (nSPS) is 16.4. The van der Waals surface area contributed by atoms with Crippen molar-refractivity contribution in [3.8, 4) is 11.6 Å². The van der Waals surface area contributed by atoms with Crippen LogP contribution in [0.2, 0.25) is 0 Å². The monoisotopic (exact) mass is 554 g/mol. The van der Waals surface area contributed by atoms with Crippen LogP contribution in [-0.4, -0.2) is 51.8 Å². The van der Waals surface area contributed by atoms with E-state index >= 15 is 0 Å². The first-order valence-electron chi connectivity index (χ1n) is 12.9. The number of nitrogens with one attached hydrogen (secondary N) is 2. The standard InChI is InChI=1S/C29H26N6O4S/c1-3-23(36)34-15-7-8-18(16-34)32-27(37)26-25-24-21(13-14-30-28(24)40-26)35(29(38)33-25)20-11-12-22(31-17(20)2)39-19-9-5-4-6-10-19/h3-6,9-14,18H,1,7-8,15-16H2,2H3,(H,32,37)(H,33,38)/t18-/m1/s1. The second-order valence-corrected chi connectivity index (χ2v) is 10.6. The first-order valence-corrected chi connectivity index (χ1v) is 13.7. The molecule has 4 aromatic rings. The van der Waals surface area contributed by atoms with Crippen molar-refractivity contribution in [3.05, 3.63) is 78.0 Å². The van der Waals surface area contributed by atoms with Gasteiger partial charge in [-0.2, -0.15) is 0 Å². The van der Waals surface area contributed by atoms with Crippen molar-refractivity contribution >= 4 is 56.5 Å². The zero-order valence-corrected chi connectivity index (χ0v) is 22.5. The Bertz CT molecular complexity index is 1650. The fourth-order valence-electron chi connectivity index (χ4n) is 5.09. The van der Waals surface area contributed by atoms with Crippen LogP contribution in [0.5, 0.6) is 11.6 Å². The lowest BCUT2D eigenvalue weighted by atomic mass is 10.1. The molecule has 3 aromatic heterocycles. The Labute approximate surface area is 234 Å². The van der Waals surface area contributed by atoms with E-state index in [-0.39, 0.29) is 17.9 Å². The average Bonchev–Trinajstić information content (AvgIpc) is 3.33. The summed E-state index contributed by atoms with van der Waals surface area (Å²) in [5, 5.41) is 6.65. The number of rotatable bonds is 6. The Morgan fingerprint density at radius 2 is 2.00 bits per heavy atom. The molecule has 10 nitrogen and oxygen atoms in total. The summed E-state index contributed by atoms with van der Waals surface area (Å²) in [5.74, 6) is 0.615. The van der Waals surface area contributed by atoms with E-state index in [1.807, 2.05) is 37.3 Å². The molecule has 4 amide bonds. The van der Waals surface area contributed by atoms with Gasteiger partial charge in [0.1, 0.15) is 15.5 Å². The number of piperidine rings is 1. The van der Waals surface area contributed by atoms with Crippen LogP contribution in [0.4, 0.5) is 21.9 Å². The van der Waals surface area contributed by atoms with Gasteiger partial charge in [0, 0.05) is 31.4 Å². The van der Waals surface area contributed by atoms with E-state index < -0.39 is 6.03 Å². The maximum Gasteiger partial charge on any atom is 0.331 e. The number of urea groups is 1. The van der Waals surface area contributed by atoms with Crippen LogP contribution >= 0.6 is 11.3 Å². The summed E-state index contributed by atoms with van der Waals surface area (Å²) < 4.78 is 5.85. The van der Waals surface area contributed by atoms with E-state index in [4.69, 9.17) is 4.74 Å². The van der Waals surface area contributed by atoms with E-state index in [9.17, 15) is 14.4 Å². The van der Waals surface area contributed by atoms with Crippen molar-refractivity contribution in [3.63, 3.8) is 0 Å². The molecular weight excluding hydrogens is 528 g/mol. The highest BCUT2D eigenvalue weighted by Gasteiger charge is 2.34. The first kappa shape index (κ1) is 25.5. The van der Waals surface area contributed by atoms with Gasteiger partial charge in [0.25, 0.3) is 5.91 Å².